The molecule has 0 atom stereocenters. The van der Waals surface area contributed by atoms with Crippen molar-refractivity contribution in [3.8, 4) is 11.8 Å². The van der Waals surface area contributed by atoms with Crippen LogP contribution < -0.4 is 9.50 Å². The number of rotatable bonds is 6. The molecule has 0 saturated heterocycles. The Morgan fingerprint density at radius 3 is 2.42 bits per heavy atom. The zero-order valence-corrected chi connectivity index (χ0v) is 18.8. The van der Waals surface area contributed by atoms with E-state index < -0.39 is 16.0 Å². The van der Waals surface area contributed by atoms with Gasteiger partial charge in [0.25, 0.3) is 5.91 Å². The monoisotopic (exact) mass is 496 g/mol. The minimum atomic E-state index is -4.09. The van der Waals surface area contributed by atoms with Crippen LogP contribution in [0.15, 0.2) is 87.7 Å². The second-order valence-corrected chi connectivity index (χ2v) is 8.93. The number of carbonyl (C=O) groups is 1. The number of para-hydroxylation sites is 1. The Balaban J connectivity index is 1.95. The average molecular weight is 497 g/mol. The standard InChI is InChI=1S/C23H17BrN2O4S/c1-16-7-5-6-10-21(16)26-23(27)18(15-25)13-17-14-19(24)11-12-22(17)30-31(28,29)20-8-3-2-4-9-20/h2-14H,1H3,(H,26,27)/b18-13+. The van der Waals surface area contributed by atoms with Crippen LogP contribution in [-0.2, 0) is 14.9 Å². The maximum atomic E-state index is 12.6. The lowest BCUT2D eigenvalue weighted by Crippen LogP contribution is -2.14. The van der Waals surface area contributed by atoms with E-state index >= 15 is 0 Å². The smallest absolute Gasteiger partial charge is 0.339 e. The topological polar surface area (TPSA) is 96.3 Å². The van der Waals surface area contributed by atoms with Gasteiger partial charge in [-0.1, -0.05) is 52.3 Å². The molecule has 0 unspecified atom stereocenters. The molecule has 156 valence electrons. The number of halogens is 1. The maximum absolute atomic E-state index is 12.6. The molecule has 1 N–H and O–H groups in total. The number of benzene rings is 3. The zero-order valence-electron chi connectivity index (χ0n) is 16.4. The number of hydrogen-bond acceptors (Lipinski definition) is 5. The van der Waals surface area contributed by atoms with Crippen molar-refractivity contribution < 1.29 is 17.4 Å². The van der Waals surface area contributed by atoms with Crippen molar-refractivity contribution >= 4 is 43.7 Å². The van der Waals surface area contributed by atoms with Gasteiger partial charge in [0.15, 0.2) is 0 Å². The van der Waals surface area contributed by atoms with Crippen molar-refractivity contribution in [1.82, 2.24) is 0 Å². The minimum Gasteiger partial charge on any atom is -0.378 e. The fourth-order valence-electron chi connectivity index (χ4n) is 2.67. The highest BCUT2D eigenvalue weighted by atomic mass is 79.9. The molecule has 0 fully saturated rings. The Labute approximate surface area is 189 Å². The summed E-state index contributed by atoms with van der Waals surface area (Å²) in [6, 6.07) is 21.3. The Kier molecular flexibility index (Phi) is 6.90. The van der Waals surface area contributed by atoms with Crippen molar-refractivity contribution in [2.45, 2.75) is 11.8 Å². The summed E-state index contributed by atoms with van der Waals surface area (Å²) in [4.78, 5) is 12.6. The third-order valence-corrected chi connectivity index (χ3v) is 6.00. The third-order valence-electron chi connectivity index (χ3n) is 4.26. The van der Waals surface area contributed by atoms with Crippen LogP contribution in [0.4, 0.5) is 5.69 Å². The summed E-state index contributed by atoms with van der Waals surface area (Å²) in [5.41, 5.74) is 1.47. The van der Waals surface area contributed by atoms with E-state index in [0.717, 1.165) is 5.56 Å². The summed E-state index contributed by atoms with van der Waals surface area (Å²) < 4.78 is 31.1. The highest BCUT2D eigenvalue weighted by Gasteiger charge is 2.19. The van der Waals surface area contributed by atoms with Crippen LogP contribution in [0.5, 0.6) is 5.75 Å². The van der Waals surface area contributed by atoms with Gasteiger partial charge in [-0.15, -0.1) is 0 Å². The van der Waals surface area contributed by atoms with Crippen molar-refractivity contribution in [3.63, 3.8) is 0 Å². The lowest BCUT2D eigenvalue weighted by Gasteiger charge is -2.11. The summed E-state index contributed by atoms with van der Waals surface area (Å²) in [6.07, 6.45) is 1.29. The van der Waals surface area contributed by atoms with Gasteiger partial charge in [0.05, 0.1) is 0 Å². The Morgan fingerprint density at radius 2 is 1.74 bits per heavy atom. The van der Waals surface area contributed by atoms with Gasteiger partial charge in [0.2, 0.25) is 0 Å². The summed E-state index contributed by atoms with van der Waals surface area (Å²) in [7, 11) is -4.09. The first-order valence-electron chi connectivity index (χ1n) is 9.08. The number of nitriles is 1. The molecule has 0 aliphatic rings. The predicted molar refractivity (Wildman–Crippen MR) is 122 cm³/mol. The van der Waals surface area contributed by atoms with E-state index in [4.69, 9.17) is 4.18 Å². The van der Waals surface area contributed by atoms with Crippen molar-refractivity contribution in [3.05, 3.63) is 94.0 Å². The SMILES string of the molecule is Cc1ccccc1NC(=O)/C(C#N)=C/c1cc(Br)ccc1OS(=O)(=O)c1ccccc1. The molecular formula is C23H17BrN2O4S. The van der Waals surface area contributed by atoms with Crippen molar-refractivity contribution in [2.24, 2.45) is 0 Å². The number of anilines is 1. The van der Waals surface area contributed by atoms with E-state index in [1.54, 1.807) is 42.5 Å². The van der Waals surface area contributed by atoms with Gasteiger partial charge in [0, 0.05) is 15.7 Å². The average Bonchev–Trinajstić information content (AvgIpc) is 2.75. The second kappa shape index (κ2) is 9.60. The Hall–Kier alpha value is -3.41. The first-order chi connectivity index (χ1) is 14.8. The highest BCUT2D eigenvalue weighted by Crippen LogP contribution is 2.28. The summed E-state index contributed by atoms with van der Waals surface area (Å²) >= 11 is 3.32. The first-order valence-corrected chi connectivity index (χ1v) is 11.3. The quantitative estimate of drug-likeness (QED) is 0.292. The van der Waals surface area contributed by atoms with Gasteiger partial charge in [-0.3, -0.25) is 4.79 Å². The van der Waals surface area contributed by atoms with Crippen LogP contribution in [-0.4, -0.2) is 14.3 Å². The minimum absolute atomic E-state index is 0.00866. The van der Waals surface area contributed by atoms with Crippen LogP contribution in [0.1, 0.15) is 11.1 Å². The molecule has 3 aromatic carbocycles. The fourth-order valence-corrected chi connectivity index (χ4v) is 4.02. The fraction of sp³-hybridized carbons (Fsp3) is 0.0435. The van der Waals surface area contributed by atoms with Crippen LogP contribution in [0.2, 0.25) is 0 Å². The highest BCUT2D eigenvalue weighted by molar-refractivity contribution is 9.10. The van der Waals surface area contributed by atoms with E-state index in [1.807, 2.05) is 25.1 Å². The van der Waals surface area contributed by atoms with Crippen LogP contribution in [0.25, 0.3) is 6.08 Å². The van der Waals surface area contributed by atoms with Crippen LogP contribution in [0, 0.1) is 18.3 Å². The van der Waals surface area contributed by atoms with E-state index in [2.05, 4.69) is 21.2 Å². The number of amides is 1. The number of hydrogen-bond donors (Lipinski definition) is 1. The Morgan fingerprint density at radius 1 is 1.06 bits per heavy atom. The lowest BCUT2D eigenvalue weighted by molar-refractivity contribution is -0.112. The molecule has 6 nitrogen and oxygen atoms in total. The predicted octanol–water partition coefficient (Wildman–Crippen LogP) is 5.07. The summed E-state index contributed by atoms with van der Waals surface area (Å²) in [5.74, 6) is -0.628. The van der Waals surface area contributed by atoms with E-state index in [0.29, 0.717) is 10.2 Å². The summed E-state index contributed by atoms with van der Waals surface area (Å²) in [6.45, 7) is 1.83. The molecule has 3 rings (SSSR count). The van der Waals surface area contributed by atoms with Gasteiger partial charge in [-0.05, 0) is 55.0 Å². The molecular weight excluding hydrogens is 480 g/mol. The summed E-state index contributed by atoms with van der Waals surface area (Å²) in [5, 5.41) is 12.2. The lowest BCUT2D eigenvalue weighted by atomic mass is 10.1. The number of nitrogens with zero attached hydrogens (tertiary/aromatic N) is 1. The third kappa shape index (κ3) is 5.60. The molecule has 1 amide bonds. The molecule has 0 aliphatic carbocycles. The van der Waals surface area contributed by atoms with E-state index in [-0.39, 0.29) is 21.8 Å². The maximum Gasteiger partial charge on any atom is 0.339 e. The van der Waals surface area contributed by atoms with E-state index in [9.17, 15) is 18.5 Å². The molecule has 3 aromatic rings. The van der Waals surface area contributed by atoms with Crippen molar-refractivity contribution in [2.75, 3.05) is 5.32 Å². The van der Waals surface area contributed by atoms with Gasteiger partial charge in [0.1, 0.15) is 22.3 Å². The molecule has 0 spiro atoms. The van der Waals surface area contributed by atoms with Crippen LogP contribution >= 0.6 is 15.9 Å². The molecule has 31 heavy (non-hydrogen) atoms. The van der Waals surface area contributed by atoms with Gasteiger partial charge in [-0.25, -0.2) is 0 Å². The molecule has 8 heteroatoms. The molecule has 0 radical (unpaired) electrons. The number of carbonyl (C=O) groups excluding carboxylic acids is 1. The van der Waals surface area contributed by atoms with E-state index in [1.165, 1.54) is 24.3 Å². The molecule has 0 bridgehead atoms. The number of aryl methyl sites for hydroxylation is 1. The largest absolute Gasteiger partial charge is 0.378 e. The first kappa shape index (κ1) is 22.3. The van der Waals surface area contributed by atoms with Gasteiger partial charge in [-0.2, -0.15) is 13.7 Å². The van der Waals surface area contributed by atoms with Crippen LogP contribution in [0.3, 0.4) is 0 Å². The second-order valence-electron chi connectivity index (χ2n) is 6.47. The molecule has 0 heterocycles. The Bertz CT molecular complexity index is 1300. The normalized spacial score (nSPS) is 11.5. The van der Waals surface area contributed by atoms with Crippen molar-refractivity contribution in [1.29, 1.82) is 5.26 Å². The molecule has 0 aromatic heterocycles. The zero-order chi connectivity index (χ0) is 22.4. The molecule has 0 saturated carbocycles. The number of nitrogens with one attached hydrogen (secondary N) is 1. The van der Waals surface area contributed by atoms with Gasteiger partial charge >= 0.3 is 10.1 Å². The van der Waals surface area contributed by atoms with Gasteiger partial charge < -0.3 is 9.50 Å². The molecule has 0 aliphatic heterocycles.